The summed E-state index contributed by atoms with van der Waals surface area (Å²) in [6.07, 6.45) is 3.45. The van der Waals surface area contributed by atoms with E-state index in [9.17, 15) is 9.90 Å². The van der Waals surface area contributed by atoms with Crippen molar-refractivity contribution in [3.63, 3.8) is 0 Å². The van der Waals surface area contributed by atoms with Gasteiger partial charge in [-0.25, -0.2) is 0 Å². The average molecular weight is 352 g/mol. The van der Waals surface area contributed by atoms with Gasteiger partial charge in [0.1, 0.15) is 0 Å². The van der Waals surface area contributed by atoms with Gasteiger partial charge in [-0.05, 0) is 13.8 Å². The molecule has 0 amide bonds. The zero-order valence-corrected chi connectivity index (χ0v) is 14.6. The maximum absolute atomic E-state index is 13.0. The molecule has 0 radical (unpaired) electrons. The predicted octanol–water partition coefficient (Wildman–Crippen LogP) is -2.01. The molecule has 3 heterocycles. The first-order chi connectivity index (χ1) is 11.1. The summed E-state index contributed by atoms with van der Waals surface area (Å²) in [6, 6.07) is 7.30. The van der Waals surface area contributed by atoms with Gasteiger partial charge in [0.2, 0.25) is 0 Å². The van der Waals surface area contributed by atoms with Gasteiger partial charge in [0.25, 0.3) is 5.69 Å². The van der Waals surface area contributed by atoms with Crippen LogP contribution in [-0.4, -0.2) is 40.9 Å². The Kier molecular flexibility index (Phi) is 5.99. The van der Waals surface area contributed by atoms with E-state index >= 15 is 0 Å². The van der Waals surface area contributed by atoms with E-state index in [0.717, 1.165) is 18.7 Å². The largest absolute Gasteiger partial charge is 1.00 e. The Labute approximate surface area is 147 Å². The first kappa shape index (κ1) is 18.4. The Morgan fingerprint density at radius 3 is 2.46 bits per heavy atom. The molecule has 2 aromatic rings. The number of aryl methyl sites for hydroxylation is 1. The van der Waals surface area contributed by atoms with Crippen molar-refractivity contribution < 1.29 is 26.8 Å². The van der Waals surface area contributed by atoms with Crippen LogP contribution in [-0.2, 0) is 4.74 Å². The van der Waals surface area contributed by atoms with Crippen molar-refractivity contribution in [1.29, 1.82) is 0 Å². The topological polar surface area (TPSA) is 58.6 Å². The predicted molar refractivity (Wildman–Crippen MR) is 85.7 cm³/mol. The fourth-order valence-electron chi connectivity index (χ4n) is 3.06. The fourth-order valence-corrected chi connectivity index (χ4v) is 3.06. The Bertz CT molecular complexity index is 743. The lowest BCUT2D eigenvalue weighted by Gasteiger charge is -2.33. The van der Waals surface area contributed by atoms with E-state index < -0.39 is 0 Å². The van der Waals surface area contributed by atoms with Crippen molar-refractivity contribution in [2.75, 3.05) is 26.3 Å². The number of hydrogen-bond donors (Lipinski definition) is 1. The molecule has 24 heavy (non-hydrogen) atoms. The van der Waals surface area contributed by atoms with Gasteiger partial charge in [0.05, 0.1) is 19.4 Å². The SMILES string of the molecule is Cc1cc(O)n(C(C)N2CCOCC2)c(=O)c1-[n+]1ccccc1.[Cl-]. The van der Waals surface area contributed by atoms with Crippen LogP contribution in [0, 0.1) is 6.92 Å². The summed E-state index contributed by atoms with van der Waals surface area (Å²) in [6.45, 7) is 6.54. The highest BCUT2D eigenvalue weighted by molar-refractivity contribution is 5.34. The van der Waals surface area contributed by atoms with E-state index in [-0.39, 0.29) is 30.0 Å². The maximum Gasteiger partial charge on any atom is 0.327 e. The standard InChI is InChI=1S/C17H21N3O3.ClH/c1-13-12-15(21)20(14(2)18-8-10-23-11-9-18)17(22)16(13)19-6-4-3-5-7-19;/h3-7,12,14H,8-11H2,1-2H3;1H. The van der Waals surface area contributed by atoms with Crippen molar-refractivity contribution >= 4 is 0 Å². The summed E-state index contributed by atoms with van der Waals surface area (Å²) >= 11 is 0. The Hall–Kier alpha value is -1.89. The number of pyridine rings is 2. The molecule has 1 saturated heterocycles. The van der Waals surface area contributed by atoms with Crippen molar-refractivity contribution in [3.05, 3.63) is 52.6 Å². The van der Waals surface area contributed by atoms with Crippen LogP contribution in [0.1, 0.15) is 18.7 Å². The van der Waals surface area contributed by atoms with Crippen molar-refractivity contribution in [2.24, 2.45) is 0 Å². The van der Waals surface area contributed by atoms with E-state index in [1.54, 1.807) is 10.6 Å². The lowest BCUT2D eigenvalue weighted by molar-refractivity contribution is -0.597. The highest BCUT2D eigenvalue weighted by Gasteiger charge is 2.26. The highest BCUT2D eigenvalue weighted by atomic mass is 35.5. The summed E-state index contributed by atoms with van der Waals surface area (Å²) in [4.78, 5) is 15.2. The molecule has 0 spiro atoms. The third-order valence-electron chi connectivity index (χ3n) is 4.31. The van der Waals surface area contributed by atoms with Crippen molar-refractivity contribution in [2.45, 2.75) is 20.0 Å². The van der Waals surface area contributed by atoms with Gasteiger partial charge in [-0.2, -0.15) is 4.57 Å². The van der Waals surface area contributed by atoms with Gasteiger partial charge >= 0.3 is 5.56 Å². The quantitative estimate of drug-likeness (QED) is 0.650. The first-order valence-corrected chi connectivity index (χ1v) is 7.83. The van der Waals surface area contributed by atoms with Gasteiger partial charge in [-0.3, -0.25) is 14.3 Å². The fraction of sp³-hybridized carbons (Fsp3) is 0.412. The highest BCUT2D eigenvalue weighted by Crippen LogP contribution is 2.21. The second-order valence-electron chi connectivity index (χ2n) is 5.77. The zero-order chi connectivity index (χ0) is 16.4. The van der Waals surface area contributed by atoms with E-state index in [1.807, 2.05) is 44.4 Å². The van der Waals surface area contributed by atoms with Crippen LogP contribution in [0.5, 0.6) is 5.88 Å². The van der Waals surface area contributed by atoms with Crippen molar-refractivity contribution in [1.82, 2.24) is 9.47 Å². The van der Waals surface area contributed by atoms with Gasteiger partial charge in [-0.15, -0.1) is 0 Å². The van der Waals surface area contributed by atoms with Gasteiger partial charge in [-0.1, -0.05) is 6.07 Å². The zero-order valence-electron chi connectivity index (χ0n) is 13.9. The van der Waals surface area contributed by atoms with Crippen LogP contribution in [0.3, 0.4) is 0 Å². The minimum atomic E-state index is -0.227. The van der Waals surface area contributed by atoms with Crippen LogP contribution in [0.2, 0.25) is 0 Å². The molecule has 1 atom stereocenters. The molecule has 130 valence electrons. The minimum Gasteiger partial charge on any atom is -1.00 e. The minimum absolute atomic E-state index is 0. The maximum atomic E-state index is 13.0. The second kappa shape index (κ2) is 7.79. The molecule has 6 nitrogen and oxygen atoms in total. The molecule has 0 aliphatic carbocycles. The normalized spacial score (nSPS) is 16.4. The lowest BCUT2D eigenvalue weighted by atomic mass is 10.2. The molecule has 0 aromatic carbocycles. The summed E-state index contributed by atoms with van der Waals surface area (Å²) in [7, 11) is 0. The van der Waals surface area contributed by atoms with Crippen LogP contribution >= 0.6 is 0 Å². The molecule has 2 aromatic heterocycles. The second-order valence-corrected chi connectivity index (χ2v) is 5.77. The number of morpholine rings is 1. The number of hydrogen-bond acceptors (Lipinski definition) is 4. The van der Waals surface area contributed by atoms with Gasteiger partial charge in [0.15, 0.2) is 18.3 Å². The van der Waals surface area contributed by atoms with Crippen LogP contribution in [0.15, 0.2) is 41.5 Å². The van der Waals surface area contributed by atoms with Crippen molar-refractivity contribution in [3.8, 4) is 11.6 Å². The number of ether oxygens (including phenoxy) is 1. The molecule has 3 rings (SSSR count). The molecule has 1 aliphatic rings. The van der Waals surface area contributed by atoms with E-state index in [0.29, 0.717) is 18.9 Å². The van der Waals surface area contributed by atoms with Gasteiger partial charge in [0, 0.05) is 36.9 Å². The Balaban J connectivity index is 0.00000208. The molecular formula is C17H22ClN3O3. The monoisotopic (exact) mass is 351 g/mol. The summed E-state index contributed by atoms with van der Waals surface area (Å²) in [5.74, 6) is -0.00762. The summed E-state index contributed by atoms with van der Waals surface area (Å²) < 4.78 is 8.61. The molecule has 7 heteroatoms. The summed E-state index contributed by atoms with van der Waals surface area (Å²) in [5.41, 5.74) is 1.11. The van der Waals surface area contributed by atoms with E-state index in [1.165, 1.54) is 4.57 Å². The molecule has 1 fully saturated rings. The van der Waals surface area contributed by atoms with E-state index in [4.69, 9.17) is 4.74 Å². The molecule has 1 N–H and O–H groups in total. The van der Waals surface area contributed by atoms with Crippen LogP contribution in [0.4, 0.5) is 0 Å². The molecule has 0 saturated carbocycles. The summed E-state index contributed by atoms with van der Waals surface area (Å²) in [5, 5.41) is 10.3. The van der Waals surface area contributed by atoms with Crippen LogP contribution in [0.25, 0.3) is 5.69 Å². The molecule has 0 bridgehead atoms. The van der Waals surface area contributed by atoms with Crippen LogP contribution < -0.4 is 22.5 Å². The average Bonchev–Trinajstić information content (AvgIpc) is 2.56. The van der Waals surface area contributed by atoms with Gasteiger partial charge < -0.3 is 22.3 Å². The first-order valence-electron chi connectivity index (χ1n) is 7.83. The number of halogens is 1. The van der Waals surface area contributed by atoms with E-state index in [2.05, 4.69) is 4.90 Å². The molecule has 1 unspecified atom stereocenters. The Morgan fingerprint density at radius 1 is 1.21 bits per heavy atom. The third kappa shape index (κ3) is 3.45. The third-order valence-corrected chi connectivity index (χ3v) is 4.31. The number of rotatable bonds is 3. The number of nitrogens with zero attached hydrogens (tertiary/aromatic N) is 3. The number of aromatic hydroxyl groups is 1. The Morgan fingerprint density at radius 2 is 1.83 bits per heavy atom. The number of aromatic nitrogens is 2. The molecule has 1 aliphatic heterocycles. The smallest absolute Gasteiger partial charge is 0.327 e. The lowest BCUT2D eigenvalue weighted by Crippen LogP contribution is -3.00. The molecular weight excluding hydrogens is 330 g/mol.